The van der Waals surface area contributed by atoms with Crippen molar-refractivity contribution in [2.45, 2.75) is 108 Å². The molecule has 0 aliphatic carbocycles. The predicted octanol–water partition coefficient (Wildman–Crippen LogP) is 1.95. The summed E-state index contributed by atoms with van der Waals surface area (Å²) < 4.78 is 49.2. The molecule has 92 heavy (non-hydrogen) atoms. The van der Waals surface area contributed by atoms with E-state index in [4.69, 9.17) is 25.4 Å². The van der Waals surface area contributed by atoms with E-state index in [9.17, 15) is 61.8 Å². The van der Waals surface area contributed by atoms with Crippen molar-refractivity contribution >= 4 is 71.2 Å². The van der Waals surface area contributed by atoms with Crippen molar-refractivity contribution in [3.05, 3.63) is 71.4 Å². The standard InChI is InChI=1S/C64H87F2N11O15/c1-4-49-37-64(65,66)41-77(49)58(82)38-69-61(86)51-19-23-67-53-18-17-50(35-52(51)53)92-34-8-10-48-20-24-76(25-21-48)63(88)55(36-60(85)89-3)71-62(87)54(11-5-6-22-68-56(80)12-7-9-47-15-13-46(2)14-16-47)70-57(81)39-72-26-27-73(40-59(83)84)29-31-75(43-91-45-79)33-32-74(30-28-72)42-90-44-78/h1,13-19,23,35,44-45,48-49,54-55H,5-12,20-22,24-34,36-43H2,2-3H3,(H,68,80)(H,69,86)(H,70,81)(H,71,87)(H,83,84)/t49-,54?,55-/m0/s1. The van der Waals surface area contributed by atoms with Gasteiger partial charge in [-0.3, -0.25) is 72.5 Å². The van der Waals surface area contributed by atoms with E-state index in [0.29, 0.717) is 127 Å². The Morgan fingerprint density at radius 2 is 1.43 bits per heavy atom. The topological polar surface area (TPSA) is 308 Å². The summed E-state index contributed by atoms with van der Waals surface area (Å²) in [7, 11) is 1.17. The molecule has 3 aromatic rings. The minimum Gasteiger partial charge on any atom is -0.494 e. The molecule has 6 amide bonds. The lowest BCUT2D eigenvalue weighted by Gasteiger charge is -2.35. The van der Waals surface area contributed by atoms with Gasteiger partial charge >= 0.3 is 11.9 Å². The summed E-state index contributed by atoms with van der Waals surface area (Å²) in [6, 6.07) is 11.0. The van der Waals surface area contributed by atoms with Gasteiger partial charge in [-0.1, -0.05) is 35.7 Å². The number of hydrogen-bond donors (Lipinski definition) is 5. The number of pyridine rings is 1. The first-order valence-corrected chi connectivity index (χ1v) is 31.2. The highest BCUT2D eigenvalue weighted by Gasteiger charge is 2.46. The number of unbranched alkanes of at least 4 members (excludes halogenated alkanes) is 1. The van der Waals surface area contributed by atoms with Crippen molar-refractivity contribution in [1.82, 2.24) is 55.7 Å². The molecule has 3 aliphatic heterocycles. The van der Waals surface area contributed by atoms with E-state index in [1.807, 2.05) is 41.0 Å². The molecule has 3 fully saturated rings. The Morgan fingerprint density at radius 3 is 2.07 bits per heavy atom. The van der Waals surface area contributed by atoms with Crippen molar-refractivity contribution in [3.63, 3.8) is 0 Å². The third kappa shape index (κ3) is 24.7. The van der Waals surface area contributed by atoms with Gasteiger partial charge in [0.15, 0.2) is 0 Å². The predicted molar refractivity (Wildman–Crippen MR) is 331 cm³/mol. The monoisotopic (exact) mass is 1290 g/mol. The zero-order valence-electron chi connectivity index (χ0n) is 52.5. The Bertz CT molecular complexity index is 3000. The quantitative estimate of drug-likeness (QED) is 0.0191. The van der Waals surface area contributed by atoms with E-state index in [-0.39, 0.29) is 76.5 Å². The van der Waals surface area contributed by atoms with Crippen LogP contribution in [0.25, 0.3) is 10.9 Å². The number of nitrogens with one attached hydrogen (secondary N) is 4. The Morgan fingerprint density at radius 1 is 0.783 bits per heavy atom. The van der Waals surface area contributed by atoms with Crippen LogP contribution in [0, 0.1) is 25.2 Å². The summed E-state index contributed by atoms with van der Waals surface area (Å²) in [6.45, 7) is 4.18. The summed E-state index contributed by atoms with van der Waals surface area (Å²) in [5.41, 5.74) is 2.96. The third-order valence-corrected chi connectivity index (χ3v) is 16.5. The fraction of sp³-hybridized carbons (Fsp3) is 0.578. The number of hydrogen-bond acceptors (Lipinski definition) is 19. The summed E-state index contributed by atoms with van der Waals surface area (Å²) in [6.07, 6.45) is 10.9. The second-order valence-electron chi connectivity index (χ2n) is 23.4. The van der Waals surface area contributed by atoms with Crippen molar-refractivity contribution in [3.8, 4) is 18.1 Å². The molecule has 5 N–H and O–H groups in total. The molecule has 6 rings (SSSR count). The Hall–Kier alpha value is -8.39. The number of likely N-dealkylation sites (tertiary alicyclic amines) is 2. The highest BCUT2D eigenvalue weighted by molar-refractivity contribution is 6.07. The molecule has 3 aliphatic rings. The maximum Gasteiger partial charge on any atom is 0.317 e. The van der Waals surface area contributed by atoms with Crippen LogP contribution in [0.4, 0.5) is 8.78 Å². The smallest absolute Gasteiger partial charge is 0.317 e. The molecule has 0 spiro atoms. The van der Waals surface area contributed by atoms with Crippen molar-refractivity contribution in [1.29, 1.82) is 0 Å². The lowest BCUT2D eigenvalue weighted by atomic mass is 9.92. The number of rotatable bonds is 33. The number of alkyl halides is 2. The SMILES string of the molecule is C#C[C@H]1CC(F)(F)CN1C(=O)CNC(=O)c1ccnc2ccc(OCCCC3CCN(C(=O)[C@H](CC(=O)OC)NC(=O)C(CCCCNC(=O)CCCc4ccc(C)cc4)NC(=O)CN4CCN(COC=O)CCN(COC=O)CCN(CC(=O)O)CC4)CC3)cc12. The van der Waals surface area contributed by atoms with E-state index in [1.54, 1.807) is 32.9 Å². The molecule has 1 unspecified atom stereocenters. The molecule has 4 heterocycles. The van der Waals surface area contributed by atoms with Gasteiger partial charge in [0.05, 0.1) is 63.4 Å². The van der Waals surface area contributed by atoms with Crippen LogP contribution < -0.4 is 26.0 Å². The molecule has 2 aromatic carbocycles. The fourth-order valence-electron chi connectivity index (χ4n) is 11.3. The van der Waals surface area contributed by atoms with Gasteiger partial charge in [-0.2, -0.15) is 0 Å². The molecule has 0 radical (unpaired) electrons. The number of carbonyl (C=O) groups excluding carboxylic acids is 9. The van der Waals surface area contributed by atoms with Crippen LogP contribution in [0.1, 0.15) is 92.1 Å². The average Bonchev–Trinajstić information content (AvgIpc) is 1.32. The number of carbonyl (C=O) groups is 10. The number of methoxy groups -OCH3 is 1. The van der Waals surface area contributed by atoms with Gasteiger partial charge in [0.2, 0.25) is 29.5 Å². The zero-order valence-corrected chi connectivity index (χ0v) is 52.5. The van der Waals surface area contributed by atoms with Crippen LogP contribution in [-0.4, -0.2) is 249 Å². The highest BCUT2D eigenvalue weighted by Crippen LogP contribution is 2.32. The number of aryl methyl sites for hydroxylation is 2. The number of ether oxygens (including phenoxy) is 4. The number of benzene rings is 2. The first-order chi connectivity index (χ1) is 44.3. The third-order valence-electron chi connectivity index (χ3n) is 16.5. The number of aliphatic carboxylic acids is 1. The second-order valence-corrected chi connectivity index (χ2v) is 23.4. The molecule has 0 saturated carbocycles. The number of esters is 1. The summed E-state index contributed by atoms with van der Waals surface area (Å²) in [4.78, 5) is 143. The summed E-state index contributed by atoms with van der Waals surface area (Å²) in [5.74, 6) is -5.32. The minimum atomic E-state index is -3.12. The van der Waals surface area contributed by atoms with Gasteiger partial charge in [0, 0.05) is 96.4 Å². The van der Waals surface area contributed by atoms with Crippen LogP contribution in [0.3, 0.4) is 0 Å². The van der Waals surface area contributed by atoms with Gasteiger partial charge in [-0.15, -0.1) is 6.42 Å². The number of fused-ring (bicyclic) bond motifs is 1. The Balaban J connectivity index is 1.05. The number of nitrogens with zero attached hydrogens (tertiary/aromatic N) is 7. The number of carboxylic acids is 1. The number of terminal acetylenes is 1. The van der Waals surface area contributed by atoms with E-state index >= 15 is 0 Å². The molecule has 0 bridgehead atoms. The van der Waals surface area contributed by atoms with E-state index in [1.165, 1.54) is 19.4 Å². The van der Waals surface area contributed by atoms with Crippen LogP contribution in [-0.2, 0) is 63.8 Å². The van der Waals surface area contributed by atoms with Crippen LogP contribution in [0.2, 0.25) is 0 Å². The van der Waals surface area contributed by atoms with Crippen LogP contribution >= 0.6 is 0 Å². The molecular formula is C64H87F2N11O15. The Kier molecular flexibility index (Phi) is 29.9. The van der Waals surface area contributed by atoms with E-state index in [2.05, 4.69) is 32.2 Å². The number of aromatic nitrogens is 1. The van der Waals surface area contributed by atoms with Crippen LogP contribution in [0.5, 0.6) is 5.75 Å². The number of piperidine rings is 1. The molecule has 3 saturated heterocycles. The molecule has 502 valence electrons. The normalized spacial score (nSPS) is 17.8. The molecule has 28 heteroatoms. The first kappa shape index (κ1) is 72.7. The summed E-state index contributed by atoms with van der Waals surface area (Å²) in [5, 5.41) is 21.3. The van der Waals surface area contributed by atoms with Crippen molar-refractivity contribution < 1.29 is 80.8 Å². The van der Waals surface area contributed by atoms with Gasteiger partial charge in [0.1, 0.15) is 31.3 Å². The average molecular weight is 1290 g/mol. The van der Waals surface area contributed by atoms with E-state index in [0.717, 1.165) is 28.9 Å². The Labute approximate surface area is 534 Å². The molecule has 1 aromatic heterocycles. The largest absolute Gasteiger partial charge is 0.494 e. The highest BCUT2D eigenvalue weighted by atomic mass is 19.3. The maximum atomic E-state index is 14.5. The number of carboxylic acid groups (broad SMARTS) is 1. The van der Waals surface area contributed by atoms with Gasteiger partial charge in [-0.05, 0) is 100 Å². The van der Waals surface area contributed by atoms with Gasteiger partial charge in [-0.25, -0.2) is 8.78 Å². The van der Waals surface area contributed by atoms with Gasteiger partial charge in [0.25, 0.3) is 24.8 Å². The van der Waals surface area contributed by atoms with E-state index < -0.39 is 91.5 Å². The maximum absolute atomic E-state index is 14.5. The molecule has 26 nitrogen and oxygen atoms in total. The number of amides is 6. The minimum absolute atomic E-state index is 0.0412. The molecular weight excluding hydrogens is 1200 g/mol. The van der Waals surface area contributed by atoms with Crippen molar-refractivity contribution in [2.24, 2.45) is 5.92 Å². The number of halogens is 2. The first-order valence-electron chi connectivity index (χ1n) is 31.2. The van der Waals surface area contributed by atoms with Crippen molar-refractivity contribution in [2.75, 3.05) is 125 Å². The second kappa shape index (κ2) is 37.8. The fourth-order valence-corrected chi connectivity index (χ4v) is 11.3. The zero-order chi connectivity index (χ0) is 66.4. The summed E-state index contributed by atoms with van der Waals surface area (Å²) >= 11 is 0. The lowest BCUT2D eigenvalue weighted by Crippen LogP contribution is -2.56. The van der Waals surface area contributed by atoms with Crippen LogP contribution in [0.15, 0.2) is 54.7 Å². The molecule has 3 atom stereocenters. The van der Waals surface area contributed by atoms with Gasteiger partial charge < -0.3 is 55.1 Å². The lowest BCUT2D eigenvalue weighted by molar-refractivity contribution is -0.147.